The van der Waals surface area contributed by atoms with E-state index in [1.807, 2.05) is 0 Å². The molecule has 0 aromatic heterocycles. The van der Waals surface area contributed by atoms with E-state index >= 15 is 0 Å². The molecule has 0 aliphatic heterocycles. The van der Waals surface area contributed by atoms with E-state index in [-0.39, 0.29) is 12.2 Å². The molecule has 2 rings (SSSR count). The van der Waals surface area contributed by atoms with E-state index in [1.54, 1.807) is 90.4 Å². The molecule has 0 aliphatic rings. The molecule has 0 unspecified atom stereocenters. The number of benzene rings is 2. The minimum absolute atomic E-state index is 0.377. The maximum Gasteiger partial charge on any atom is 0.370 e. The Hall–Kier alpha value is -2.80. The second kappa shape index (κ2) is 9.60. The van der Waals surface area contributed by atoms with Gasteiger partial charge in [0, 0.05) is 0 Å². The third-order valence-corrected chi connectivity index (χ3v) is 8.20. The van der Waals surface area contributed by atoms with E-state index in [9.17, 15) is 9.59 Å². The lowest BCUT2D eigenvalue weighted by atomic mass is 10.3. The summed E-state index contributed by atoms with van der Waals surface area (Å²) in [5.74, 6) is 1.25. The highest BCUT2D eigenvalue weighted by Crippen LogP contribution is 2.19. The lowest BCUT2D eigenvalue weighted by molar-refractivity contribution is 0.130. The fourth-order valence-electron chi connectivity index (χ4n) is 3.01. The van der Waals surface area contributed by atoms with E-state index < -0.39 is 19.3 Å². The lowest BCUT2D eigenvalue weighted by Gasteiger charge is -2.29. The van der Waals surface area contributed by atoms with Gasteiger partial charge in [0.25, 0.3) is 11.2 Å². The summed E-state index contributed by atoms with van der Waals surface area (Å²) >= 11 is 0. The van der Waals surface area contributed by atoms with Crippen molar-refractivity contribution in [2.75, 3.05) is 14.2 Å². The van der Waals surface area contributed by atoms with Gasteiger partial charge in [0.05, 0.1) is 26.4 Å². The van der Waals surface area contributed by atoms with Crippen LogP contribution in [0.2, 0.25) is 0 Å². The number of ether oxygens (including phenoxy) is 4. The largest absolute Gasteiger partial charge is 0.497 e. The number of hydrogen-bond acceptors (Lipinski definition) is 6. The molecule has 29 heavy (non-hydrogen) atoms. The molecule has 0 amide bonds. The predicted molar refractivity (Wildman–Crippen MR) is 114 cm³/mol. The van der Waals surface area contributed by atoms with Crippen LogP contribution in [0.1, 0.15) is 27.7 Å². The van der Waals surface area contributed by atoms with Gasteiger partial charge in [0.1, 0.15) is 11.5 Å². The van der Waals surface area contributed by atoms with Gasteiger partial charge in [-0.15, -0.1) is 0 Å². The van der Waals surface area contributed by atoms with Crippen LogP contribution in [0.5, 0.6) is 11.5 Å². The van der Waals surface area contributed by atoms with E-state index in [4.69, 9.17) is 18.9 Å². The quantitative estimate of drug-likeness (QED) is 0.613. The molecular formula is C22H28O6Si. The zero-order chi connectivity index (χ0) is 21.6. The van der Waals surface area contributed by atoms with Crippen LogP contribution in [0.25, 0.3) is 0 Å². The Morgan fingerprint density at radius 2 is 0.966 bits per heavy atom. The van der Waals surface area contributed by atoms with Gasteiger partial charge < -0.3 is 18.9 Å². The molecular weight excluding hydrogens is 388 g/mol. The molecule has 0 aliphatic carbocycles. The zero-order valence-electron chi connectivity index (χ0n) is 17.7. The Morgan fingerprint density at radius 1 is 0.655 bits per heavy atom. The highest BCUT2D eigenvalue weighted by molar-refractivity contribution is 7.37. The van der Waals surface area contributed by atoms with Gasteiger partial charge in [0.15, 0.2) is 0 Å². The third kappa shape index (κ3) is 4.79. The van der Waals surface area contributed by atoms with Crippen LogP contribution in [0.3, 0.4) is 0 Å². The van der Waals surface area contributed by atoms with Gasteiger partial charge >= 0.3 is 8.07 Å². The molecule has 0 bridgehead atoms. The summed E-state index contributed by atoms with van der Waals surface area (Å²) < 4.78 is 21.7. The van der Waals surface area contributed by atoms with Crippen molar-refractivity contribution in [1.82, 2.24) is 0 Å². The molecule has 0 saturated carbocycles. The number of methoxy groups -OCH3 is 2. The van der Waals surface area contributed by atoms with Crippen molar-refractivity contribution in [2.45, 2.75) is 39.9 Å². The Kier molecular flexibility index (Phi) is 7.45. The maximum atomic E-state index is 13.5. The van der Waals surface area contributed by atoms with Gasteiger partial charge in [-0.05, 0) is 62.3 Å². The molecule has 0 heterocycles. The Morgan fingerprint density at radius 3 is 1.21 bits per heavy atom. The standard InChI is InChI=1S/C22H28O6Si/c1-15(2)27-21(23)29(22(24)28-16(3)4,19-11-7-17(25-5)8-12-19)20-13-9-18(26-6)10-14-20/h7-16H,1-6H3. The van der Waals surface area contributed by atoms with Crippen molar-refractivity contribution < 1.29 is 28.5 Å². The fraction of sp³-hybridized carbons (Fsp3) is 0.364. The Balaban J connectivity index is 2.77. The van der Waals surface area contributed by atoms with Crippen LogP contribution in [-0.2, 0) is 9.47 Å². The van der Waals surface area contributed by atoms with Crippen molar-refractivity contribution >= 4 is 29.6 Å². The molecule has 0 atom stereocenters. The smallest absolute Gasteiger partial charge is 0.370 e. The second-order valence-electron chi connectivity index (χ2n) is 7.12. The fourth-order valence-corrected chi connectivity index (χ4v) is 6.61. The number of hydrogen-bond donors (Lipinski definition) is 0. The molecule has 0 radical (unpaired) electrons. The molecule has 2 aromatic rings. The highest BCUT2D eigenvalue weighted by Gasteiger charge is 2.57. The Bertz CT molecular complexity index is 756. The van der Waals surface area contributed by atoms with Gasteiger partial charge in [-0.25, -0.2) is 0 Å². The minimum atomic E-state index is -3.78. The van der Waals surface area contributed by atoms with Crippen molar-refractivity contribution in [1.29, 1.82) is 0 Å². The van der Waals surface area contributed by atoms with Crippen LogP contribution in [0, 0.1) is 0 Å². The van der Waals surface area contributed by atoms with Crippen LogP contribution in [0.4, 0.5) is 9.59 Å². The van der Waals surface area contributed by atoms with Gasteiger partial charge in [-0.3, -0.25) is 9.59 Å². The van der Waals surface area contributed by atoms with Crippen LogP contribution in [0.15, 0.2) is 48.5 Å². The first-order valence-corrected chi connectivity index (χ1v) is 11.5. The average molecular weight is 417 g/mol. The molecule has 0 fully saturated rings. The summed E-state index contributed by atoms with van der Waals surface area (Å²) in [4.78, 5) is 27.0. The summed E-state index contributed by atoms with van der Waals surface area (Å²) in [6.45, 7) is 7.03. The first-order chi connectivity index (χ1) is 13.7. The highest BCUT2D eigenvalue weighted by atomic mass is 28.3. The van der Waals surface area contributed by atoms with Crippen molar-refractivity contribution in [3.63, 3.8) is 0 Å². The maximum absolute atomic E-state index is 13.5. The van der Waals surface area contributed by atoms with E-state index in [0.717, 1.165) is 0 Å². The average Bonchev–Trinajstić information content (AvgIpc) is 2.68. The van der Waals surface area contributed by atoms with Gasteiger partial charge in [-0.2, -0.15) is 0 Å². The third-order valence-electron chi connectivity index (χ3n) is 4.34. The summed E-state index contributed by atoms with van der Waals surface area (Å²) in [6, 6.07) is 13.9. The van der Waals surface area contributed by atoms with Crippen LogP contribution >= 0.6 is 0 Å². The summed E-state index contributed by atoms with van der Waals surface area (Å²) in [7, 11) is -0.667. The summed E-state index contributed by atoms with van der Waals surface area (Å²) in [5, 5.41) is 1.14. The second-order valence-corrected chi connectivity index (χ2v) is 10.6. The Labute approximate surface area is 172 Å². The molecule has 2 aromatic carbocycles. The monoisotopic (exact) mass is 416 g/mol. The molecule has 0 spiro atoms. The van der Waals surface area contributed by atoms with Crippen LogP contribution < -0.4 is 19.8 Å². The topological polar surface area (TPSA) is 71.1 Å². The predicted octanol–water partition coefficient (Wildman–Crippen LogP) is 3.52. The van der Waals surface area contributed by atoms with Crippen molar-refractivity contribution in [2.24, 2.45) is 0 Å². The molecule has 0 N–H and O–H groups in total. The first kappa shape index (κ1) is 22.5. The van der Waals surface area contributed by atoms with Crippen molar-refractivity contribution in [3.8, 4) is 11.5 Å². The van der Waals surface area contributed by atoms with Gasteiger partial charge in [0.2, 0.25) is 0 Å². The molecule has 156 valence electrons. The number of carbonyl (C=O) groups is 2. The van der Waals surface area contributed by atoms with Gasteiger partial charge in [-0.1, -0.05) is 24.3 Å². The summed E-state index contributed by atoms with van der Waals surface area (Å²) in [6.07, 6.45) is -0.754. The molecule has 7 heteroatoms. The summed E-state index contributed by atoms with van der Waals surface area (Å²) in [5.41, 5.74) is -1.12. The van der Waals surface area contributed by atoms with E-state index in [2.05, 4.69) is 0 Å². The number of rotatable bonds is 8. The van der Waals surface area contributed by atoms with Crippen molar-refractivity contribution in [3.05, 3.63) is 48.5 Å². The minimum Gasteiger partial charge on any atom is -0.497 e. The zero-order valence-corrected chi connectivity index (χ0v) is 18.7. The van der Waals surface area contributed by atoms with E-state index in [1.165, 1.54) is 0 Å². The lowest BCUT2D eigenvalue weighted by Crippen LogP contribution is -2.71. The molecule has 0 saturated heterocycles. The first-order valence-electron chi connectivity index (χ1n) is 9.46. The SMILES string of the molecule is COc1ccc([Si](C(=O)OC(C)C)(C(=O)OC(C)C)c2ccc(OC)cc2)cc1. The molecule has 6 nitrogen and oxygen atoms in total. The number of carbonyl (C=O) groups excluding carboxylic acids is 2. The van der Waals surface area contributed by atoms with E-state index in [0.29, 0.717) is 21.9 Å². The van der Waals surface area contributed by atoms with Crippen LogP contribution in [-0.4, -0.2) is 45.7 Å². The normalized spacial score (nSPS) is 11.3.